The topological polar surface area (TPSA) is 79.9 Å². The molecular weight excluding hydrogens is 325 g/mol. The van der Waals surface area contributed by atoms with Gasteiger partial charge >= 0.3 is 0 Å². The molecule has 0 spiro atoms. The van der Waals surface area contributed by atoms with Gasteiger partial charge in [0.25, 0.3) is 0 Å². The highest BCUT2D eigenvalue weighted by Crippen LogP contribution is 2.30. The molecule has 0 bridgehead atoms. The van der Waals surface area contributed by atoms with Crippen LogP contribution < -0.4 is 5.32 Å². The van der Waals surface area contributed by atoms with Gasteiger partial charge in [0.2, 0.25) is 5.91 Å². The molecule has 1 aliphatic heterocycles. The minimum Gasteiger partial charge on any atom is -0.365 e. The van der Waals surface area contributed by atoms with E-state index < -0.39 is 23.4 Å². The molecule has 0 saturated carbocycles. The lowest BCUT2D eigenvalue weighted by atomic mass is 10.1. The van der Waals surface area contributed by atoms with Crippen molar-refractivity contribution >= 4 is 5.91 Å². The Labute approximate surface area is 135 Å². The number of H-pyrrole nitrogens is 1. The van der Waals surface area contributed by atoms with Gasteiger partial charge in [-0.3, -0.25) is 9.89 Å². The molecule has 24 heavy (non-hydrogen) atoms. The summed E-state index contributed by atoms with van der Waals surface area (Å²) in [7, 11) is 0. The van der Waals surface area contributed by atoms with Crippen LogP contribution in [0.25, 0.3) is 0 Å². The normalized spacial score (nSPS) is 20.3. The monoisotopic (exact) mass is 340 g/mol. The van der Waals surface area contributed by atoms with E-state index in [1.807, 2.05) is 0 Å². The predicted octanol–water partition coefficient (Wildman–Crippen LogP) is 1.80. The Bertz CT molecular complexity index is 724. The molecule has 2 atom stereocenters. The van der Waals surface area contributed by atoms with Crippen molar-refractivity contribution in [2.24, 2.45) is 0 Å². The van der Waals surface area contributed by atoms with E-state index in [-0.39, 0.29) is 30.7 Å². The Kier molecular flexibility index (Phi) is 4.79. The standard InChI is InChI=1S/C15H15F3N4O2/c16-10-5-12(18)11(17)3-8(10)4-14(23)19-6-9-1-2-13(24-9)15-20-7-21-22-15/h3,5,7,9,13H,1-2,4,6H2,(H,19,23)(H,20,21,22)/t9-,13+/m1/s1. The van der Waals surface area contributed by atoms with Crippen LogP contribution in [-0.2, 0) is 16.0 Å². The van der Waals surface area contributed by atoms with E-state index >= 15 is 0 Å². The number of halogens is 3. The van der Waals surface area contributed by atoms with Gasteiger partial charge in [-0.05, 0) is 18.9 Å². The fourth-order valence-corrected chi connectivity index (χ4v) is 2.59. The van der Waals surface area contributed by atoms with Crippen molar-refractivity contribution in [1.82, 2.24) is 20.5 Å². The fourth-order valence-electron chi connectivity index (χ4n) is 2.59. The molecule has 1 fully saturated rings. The van der Waals surface area contributed by atoms with Crippen molar-refractivity contribution in [3.8, 4) is 0 Å². The second-order valence-electron chi connectivity index (χ2n) is 5.53. The molecule has 128 valence electrons. The summed E-state index contributed by atoms with van der Waals surface area (Å²) in [6, 6.07) is 1.12. The van der Waals surface area contributed by atoms with Crippen molar-refractivity contribution in [3.05, 3.63) is 47.3 Å². The molecule has 2 heterocycles. The van der Waals surface area contributed by atoms with Crippen molar-refractivity contribution in [3.63, 3.8) is 0 Å². The fraction of sp³-hybridized carbons (Fsp3) is 0.400. The van der Waals surface area contributed by atoms with Crippen molar-refractivity contribution in [2.75, 3.05) is 6.54 Å². The largest absolute Gasteiger partial charge is 0.365 e. The summed E-state index contributed by atoms with van der Waals surface area (Å²) in [5.74, 6) is -3.28. The van der Waals surface area contributed by atoms with Gasteiger partial charge in [0.1, 0.15) is 18.2 Å². The maximum absolute atomic E-state index is 13.5. The molecule has 2 N–H and O–H groups in total. The number of ether oxygens (including phenoxy) is 1. The SMILES string of the molecule is O=C(Cc1cc(F)c(F)cc1F)NC[C@H]1CC[C@@H](c2ncn[nH]2)O1. The number of amides is 1. The molecule has 1 aromatic carbocycles. The Morgan fingerprint density at radius 3 is 2.79 bits per heavy atom. The van der Waals surface area contributed by atoms with E-state index in [0.717, 1.165) is 12.8 Å². The van der Waals surface area contributed by atoms with Crippen LogP contribution in [-0.4, -0.2) is 33.7 Å². The van der Waals surface area contributed by atoms with E-state index in [4.69, 9.17) is 4.74 Å². The van der Waals surface area contributed by atoms with E-state index in [1.165, 1.54) is 6.33 Å². The first-order valence-electron chi connectivity index (χ1n) is 7.43. The number of carbonyl (C=O) groups is 1. The van der Waals surface area contributed by atoms with Crippen LogP contribution in [0.15, 0.2) is 18.5 Å². The summed E-state index contributed by atoms with van der Waals surface area (Å²) in [6.07, 6.45) is 2.10. The highest BCUT2D eigenvalue weighted by Gasteiger charge is 2.28. The summed E-state index contributed by atoms with van der Waals surface area (Å²) in [6.45, 7) is 0.245. The zero-order valence-corrected chi connectivity index (χ0v) is 12.6. The highest BCUT2D eigenvalue weighted by atomic mass is 19.2. The van der Waals surface area contributed by atoms with Crippen LogP contribution in [0.4, 0.5) is 13.2 Å². The minimum atomic E-state index is -1.28. The summed E-state index contributed by atoms with van der Waals surface area (Å²) in [4.78, 5) is 15.9. The van der Waals surface area contributed by atoms with E-state index in [9.17, 15) is 18.0 Å². The summed E-state index contributed by atoms with van der Waals surface area (Å²) >= 11 is 0. The highest BCUT2D eigenvalue weighted by molar-refractivity contribution is 5.78. The van der Waals surface area contributed by atoms with Gasteiger partial charge in [-0.15, -0.1) is 0 Å². The third-order valence-corrected chi connectivity index (χ3v) is 3.81. The quantitative estimate of drug-likeness (QED) is 0.814. The summed E-state index contributed by atoms with van der Waals surface area (Å²) < 4.78 is 45.2. The number of carbonyl (C=O) groups excluding carboxylic acids is 1. The molecule has 1 aromatic heterocycles. The lowest BCUT2D eigenvalue weighted by molar-refractivity contribution is -0.121. The number of benzene rings is 1. The first-order chi connectivity index (χ1) is 11.5. The molecular formula is C15H15F3N4O2. The first-order valence-corrected chi connectivity index (χ1v) is 7.43. The number of rotatable bonds is 5. The molecule has 2 aromatic rings. The van der Waals surface area contributed by atoms with Crippen molar-refractivity contribution in [2.45, 2.75) is 31.5 Å². The molecule has 6 nitrogen and oxygen atoms in total. The zero-order chi connectivity index (χ0) is 17.1. The average molecular weight is 340 g/mol. The molecule has 1 saturated heterocycles. The third kappa shape index (κ3) is 3.73. The number of hydrogen-bond acceptors (Lipinski definition) is 4. The van der Waals surface area contributed by atoms with Gasteiger partial charge in [0, 0.05) is 18.2 Å². The number of nitrogens with one attached hydrogen (secondary N) is 2. The number of hydrogen-bond donors (Lipinski definition) is 2. The number of aromatic amines is 1. The van der Waals surface area contributed by atoms with Crippen LogP contribution in [0, 0.1) is 17.5 Å². The van der Waals surface area contributed by atoms with Gasteiger partial charge in [-0.2, -0.15) is 5.10 Å². The second-order valence-corrected chi connectivity index (χ2v) is 5.53. The minimum absolute atomic E-state index is 0.196. The molecule has 0 aliphatic carbocycles. The van der Waals surface area contributed by atoms with Gasteiger partial charge in [0.15, 0.2) is 17.5 Å². The zero-order valence-electron chi connectivity index (χ0n) is 12.6. The van der Waals surface area contributed by atoms with E-state index in [2.05, 4.69) is 20.5 Å². The van der Waals surface area contributed by atoms with Gasteiger partial charge < -0.3 is 10.1 Å². The Hall–Kier alpha value is -2.42. The van der Waals surface area contributed by atoms with Crippen LogP contribution in [0.3, 0.4) is 0 Å². The van der Waals surface area contributed by atoms with Crippen LogP contribution >= 0.6 is 0 Å². The maximum atomic E-state index is 13.5. The molecule has 1 aliphatic rings. The molecule has 3 rings (SSSR count). The maximum Gasteiger partial charge on any atom is 0.224 e. The van der Waals surface area contributed by atoms with Gasteiger partial charge in [-0.25, -0.2) is 18.2 Å². The van der Waals surface area contributed by atoms with Gasteiger partial charge in [-0.1, -0.05) is 0 Å². The molecule has 1 amide bonds. The second kappa shape index (κ2) is 7.00. The predicted molar refractivity (Wildman–Crippen MR) is 76.3 cm³/mol. The van der Waals surface area contributed by atoms with Crippen molar-refractivity contribution < 1.29 is 22.7 Å². The van der Waals surface area contributed by atoms with E-state index in [1.54, 1.807) is 0 Å². The van der Waals surface area contributed by atoms with Crippen LogP contribution in [0.1, 0.15) is 30.3 Å². The summed E-state index contributed by atoms with van der Waals surface area (Å²) in [5.41, 5.74) is -0.196. The van der Waals surface area contributed by atoms with Crippen molar-refractivity contribution in [1.29, 1.82) is 0 Å². The Balaban J connectivity index is 1.49. The first kappa shape index (κ1) is 16.4. The number of aromatic nitrogens is 3. The smallest absolute Gasteiger partial charge is 0.224 e. The lowest BCUT2D eigenvalue weighted by Crippen LogP contribution is -2.33. The Morgan fingerprint density at radius 1 is 1.25 bits per heavy atom. The third-order valence-electron chi connectivity index (χ3n) is 3.81. The lowest BCUT2D eigenvalue weighted by Gasteiger charge is -2.13. The van der Waals surface area contributed by atoms with E-state index in [0.29, 0.717) is 18.0 Å². The molecule has 0 radical (unpaired) electrons. The Morgan fingerprint density at radius 2 is 2.04 bits per heavy atom. The number of nitrogens with zero attached hydrogens (tertiary/aromatic N) is 2. The summed E-state index contributed by atoms with van der Waals surface area (Å²) in [5, 5.41) is 9.09. The molecule has 9 heteroatoms. The average Bonchev–Trinajstić information content (AvgIpc) is 3.21. The van der Waals surface area contributed by atoms with Crippen LogP contribution in [0.2, 0.25) is 0 Å². The molecule has 0 unspecified atom stereocenters. The van der Waals surface area contributed by atoms with Gasteiger partial charge in [0.05, 0.1) is 12.5 Å². The van der Waals surface area contributed by atoms with Crippen LogP contribution in [0.5, 0.6) is 0 Å².